The Balaban J connectivity index is 1.97. The lowest BCUT2D eigenvalue weighted by Crippen LogP contribution is -2.27. The third-order valence-corrected chi connectivity index (χ3v) is 3.50. The molecular formula is C15H25N5O. The molecule has 0 atom stereocenters. The molecule has 0 saturated heterocycles. The van der Waals surface area contributed by atoms with E-state index in [-0.39, 0.29) is 11.8 Å². The normalized spacial score (nSPS) is 14.1. The lowest BCUT2D eigenvalue weighted by molar-refractivity contribution is -0.120. The Morgan fingerprint density at radius 3 is 2.52 bits per heavy atom. The van der Waals surface area contributed by atoms with Gasteiger partial charge in [0.25, 0.3) is 0 Å². The first kappa shape index (κ1) is 15.5. The lowest BCUT2D eigenvalue weighted by atomic mass is 10.2. The average Bonchev–Trinajstić information content (AvgIpc) is 3.24. The highest BCUT2D eigenvalue weighted by molar-refractivity contribution is 5.77. The van der Waals surface area contributed by atoms with Crippen molar-refractivity contribution in [1.29, 1.82) is 0 Å². The summed E-state index contributed by atoms with van der Waals surface area (Å²) in [6, 6.07) is 0.418. The molecule has 1 amide bonds. The van der Waals surface area contributed by atoms with Crippen LogP contribution in [0, 0.1) is 6.92 Å². The Kier molecular flexibility index (Phi) is 4.98. The van der Waals surface area contributed by atoms with Gasteiger partial charge in [-0.15, -0.1) is 0 Å². The Hall–Kier alpha value is -1.85. The first-order chi connectivity index (χ1) is 10.0. The number of anilines is 2. The number of hydrogen-bond donors (Lipinski definition) is 3. The minimum Gasteiger partial charge on any atom is -0.373 e. The quantitative estimate of drug-likeness (QED) is 0.716. The highest BCUT2D eigenvalue weighted by atomic mass is 16.1. The molecule has 0 spiro atoms. The fraction of sp³-hybridized carbons (Fsp3) is 0.667. The number of nitrogens with zero attached hydrogens (tertiary/aromatic N) is 2. The van der Waals surface area contributed by atoms with Crippen LogP contribution in [0.1, 0.15) is 50.4 Å². The molecule has 0 aromatic carbocycles. The van der Waals surface area contributed by atoms with Crippen molar-refractivity contribution in [2.75, 3.05) is 24.2 Å². The third-order valence-electron chi connectivity index (χ3n) is 3.50. The van der Waals surface area contributed by atoms with E-state index in [0.717, 1.165) is 35.9 Å². The van der Waals surface area contributed by atoms with E-state index in [9.17, 15) is 4.79 Å². The van der Waals surface area contributed by atoms with Crippen LogP contribution in [-0.4, -0.2) is 35.5 Å². The zero-order chi connectivity index (χ0) is 15.4. The predicted octanol–water partition coefficient (Wildman–Crippen LogP) is 2.03. The maximum atomic E-state index is 11.7. The summed E-state index contributed by atoms with van der Waals surface area (Å²) in [5.74, 6) is 2.80. The Labute approximate surface area is 126 Å². The number of aromatic nitrogens is 2. The van der Waals surface area contributed by atoms with Crippen LogP contribution in [0.25, 0.3) is 0 Å². The molecule has 1 saturated carbocycles. The monoisotopic (exact) mass is 291 g/mol. The molecule has 0 radical (unpaired) electrons. The standard InChI is InChI=1S/C15H25N5O/c1-9(2)13-19-14(16-4)10(3)15(20-13)17-8-7-12(21)18-11-5-6-11/h9,11H,5-8H2,1-4H3,(H,18,21)(H2,16,17,19,20). The minimum absolute atomic E-state index is 0.106. The van der Waals surface area contributed by atoms with Crippen molar-refractivity contribution in [3.63, 3.8) is 0 Å². The van der Waals surface area contributed by atoms with Gasteiger partial charge in [-0.2, -0.15) is 0 Å². The van der Waals surface area contributed by atoms with E-state index < -0.39 is 0 Å². The van der Waals surface area contributed by atoms with Crippen molar-refractivity contribution in [3.05, 3.63) is 11.4 Å². The molecule has 1 fully saturated rings. The molecular weight excluding hydrogens is 266 g/mol. The first-order valence-corrected chi connectivity index (χ1v) is 7.60. The number of rotatable bonds is 7. The molecule has 21 heavy (non-hydrogen) atoms. The summed E-state index contributed by atoms with van der Waals surface area (Å²) in [4.78, 5) is 20.7. The zero-order valence-corrected chi connectivity index (χ0v) is 13.3. The van der Waals surface area contributed by atoms with Crippen LogP contribution in [-0.2, 0) is 4.79 Å². The number of amides is 1. The molecule has 1 aliphatic rings. The summed E-state index contributed by atoms with van der Waals surface area (Å²) in [6.07, 6.45) is 2.70. The maximum Gasteiger partial charge on any atom is 0.221 e. The van der Waals surface area contributed by atoms with E-state index in [1.54, 1.807) is 0 Å². The van der Waals surface area contributed by atoms with Crippen LogP contribution < -0.4 is 16.0 Å². The molecule has 1 aromatic rings. The smallest absolute Gasteiger partial charge is 0.221 e. The molecule has 3 N–H and O–H groups in total. The van der Waals surface area contributed by atoms with Crippen molar-refractivity contribution in [2.24, 2.45) is 0 Å². The molecule has 0 bridgehead atoms. The summed E-state index contributed by atoms with van der Waals surface area (Å²) in [6.45, 7) is 6.69. The Morgan fingerprint density at radius 1 is 1.29 bits per heavy atom. The third kappa shape index (κ3) is 4.31. The number of carbonyl (C=O) groups is 1. The van der Waals surface area contributed by atoms with Crippen LogP contribution in [0.4, 0.5) is 11.6 Å². The Bertz CT molecular complexity index is 511. The van der Waals surface area contributed by atoms with Gasteiger partial charge in [0.15, 0.2) is 0 Å². The maximum absolute atomic E-state index is 11.7. The topological polar surface area (TPSA) is 78.9 Å². The van der Waals surface area contributed by atoms with Crippen LogP contribution in [0.3, 0.4) is 0 Å². The van der Waals surface area contributed by atoms with E-state index in [1.165, 1.54) is 0 Å². The van der Waals surface area contributed by atoms with Crippen LogP contribution in [0.5, 0.6) is 0 Å². The minimum atomic E-state index is 0.106. The molecule has 1 aromatic heterocycles. The largest absolute Gasteiger partial charge is 0.373 e. The zero-order valence-electron chi connectivity index (χ0n) is 13.3. The highest BCUT2D eigenvalue weighted by Crippen LogP contribution is 2.23. The summed E-state index contributed by atoms with van der Waals surface area (Å²) in [7, 11) is 1.85. The van der Waals surface area contributed by atoms with E-state index in [1.807, 2.05) is 14.0 Å². The fourth-order valence-electron chi connectivity index (χ4n) is 2.03. The Morgan fingerprint density at radius 2 is 1.95 bits per heavy atom. The summed E-state index contributed by atoms with van der Waals surface area (Å²) >= 11 is 0. The van der Waals surface area contributed by atoms with E-state index in [0.29, 0.717) is 19.0 Å². The molecule has 6 nitrogen and oxygen atoms in total. The second kappa shape index (κ2) is 6.74. The van der Waals surface area contributed by atoms with Gasteiger partial charge in [0.05, 0.1) is 0 Å². The van der Waals surface area contributed by atoms with Gasteiger partial charge in [-0.05, 0) is 19.8 Å². The molecule has 1 aliphatic carbocycles. The van der Waals surface area contributed by atoms with Gasteiger partial charge in [0.2, 0.25) is 5.91 Å². The van der Waals surface area contributed by atoms with Crippen molar-refractivity contribution in [1.82, 2.24) is 15.3 Å². The molecule has 2 rings (SSSR count). The van der Waals surface area contributed by atoms with Gasteiger partial charge in [-0.3, -0.25) is 4.79 Å². The van der Waals surface area contributed by atoms with Gasteiger partial charge in [0, 0.05) is 37.5 Å². The average molecular weight is 291 g/mol. The van der Waals surface area contributed by atoms with E-state index in [4.69, 9.17) is 0 Å². The van der Waals surface area contributed by atoms with Gasteiger partial charge >= 0.3 is 0 Å². The van der Waals surface area contributed by atoms with Crippen molar-refractivity contribution in [2.45, 2.75) is 52.0 Å². The molecule has 116 valence electrons. The van der Waals surface area contributed by atoms with Crippen LogP contribution >= 0.6 is 0 Å². The number of hydrogen-bond acceptors (Lipinski definition) is 5. The van der Waals surface area contributed by atoms with Crippen molar-refractivity contribution >= 4 is 17.5 Å². The molecule has 1 heterocycles. The predicted molar refractivity (Wildman–Crippen MR) is 84.7 cm³/mol. The summed E-state index contributed by atoms with van der Waals surface area (Å²) in [5.41, 5.74) is 0.976. The molecule has 6 heteroatoms. The fourth-order valence-corrected chi connectivity index (χ4v) is 2.03. The first-order valence-electron chi connectivity index (χ1n) is 7.60. The van der Waals surface area contributed by atoms with Gasteiger partial charge in [-0.1, -0.05) is 13.8 Å². The molecule has 0 aliphatic heterocycles. The van der Waals surface area contributed by atoms with Gasteiger partial charge in [-0.25, -0.2) is 9.97 Å². The number of nitrogens with one attached hydrogen (secondary N) is 3. The van der Waals surface area contributed by atoms with E-state index >= 15 is 0 Å². The van der Waals surface area contributed by atoms with Crippen molar-refractivity contribution in [3.8, 4) is 0 Å². The van der Waals surface area contributed by atoms with Crippen LogP contribution in [0.15, 0.2) is 0 Å². The second-order valence-corrected chi connectivity index (χ2v) is 5.83. The summed E-state index contributed by atoms with van der Waals surface area (Å²) in [5, 5.41) is 9.33. The van der Waals surface area contributed by atoms with Crippen LogP contribution in [0.2, 0.25) is 0 Å². The second-order valence-electron chi connectivity index (χ2n) is 5.83. The van der Waals surface area contributed by atoms with Gasteiger partial charge < -0.3 is 16.0 Å². The van der Waals surface area contributed by atoms with E-state index in [2.05, 4.69) is 39.8 Å². The lowest BCUT2D eigenvalue weighted by Gasteiger charge is -2.15. The SMILES string of the molecule is CNc1nc(C(C)C)nc(NCCC(=O)NC2CC2)c1C. The van der Waals surface area contributed by atoms with Crippen molar-refractivity contribution < 1.29 is 4.79 Å². The molecule has 0 unspecified atom stereocenters. The summed E-state index contributed by atoms with van der Waals surface area (Å²) < 4.78 is 0. The highest BCUT2D eigenvalue weighted by Gasteiger charge is 2.22. The van der Waals surface area contributed by atoms with Gasteiger partial charge in [0.1, 0.15) is 17.5 Å². The number of carbonyl (C=O) groups excluding carboxylic acids is 1.